The molecule has 0 bridgehead atoms. The second-order valence-corrected chi connectivity index (χ2v) is 9.59. The van der Waals surface area contributed by atoms with Gasteiger partial charge < -0.3 is 24.8 Å². The molecule has 37 heavy (non-hydrogen) atoms. The summed E-state index contributed by atoms with van der Waals surface area (Å²) in [6.07, 6.45) is 4.68. The number of halogens is 4. The number of rotatable bonds is 7. The molecular formula is C24H27F4N7O2. The van der Waals surface area contributed by atoms with Gasteiger partial charge in [0.05, 0.1) is 19.0 Å². The minimum atomic E-state index is -3.15. The van der Waals surface area contributed by atoms with Gasteiger partial charge in [0.1, 0.15) is 11.6 Å². The Labute approximate surface area is 210 Å². The highest BCUT2D eigenvalue weighted by atomic mass is 19.3. The van der Waals surface area contributed by atoms with Crippen LogP contribution in [0, 0.1) is 17.6 Å². The number of nitrogens with zero attached hydrogens (tertiary/aromatic N) is 6. The molecule has 13 heteroatoms. The van der Waals surface area contributed by atoms with E-state index >= 15 is 0 Å². The molecule has 2 N–H and O–H groups in total. The quantitative estimate of drug-likeness (QED) is 0.468. The second-order valence-electron chi connectivity index (χ2n) is 9.59. The van der Waals surface area contributed by atoms with Gasteiger partial charge >= 0.3 is 11.9 Å². The SMILES string of the molecule is CC(F)(F)c1noc(N2CCC(COc3cnc(N4CC(N)C(c5cc(F)ccc5F)C4)nc3)CC2)n1. The van der Waals surface area contributed by atoms with Crippen LogP contribution in [-0.4, -0.2) is 58.9 Å². The number of aromatic nitrogens is 4. The first kappa shape index (κ1) is 25.2. The molecule has 0 radical (unpaired) electrons. The molecule has 0 spiro atoms. The summed E-state index contributed by atoms with van der Waals surface area (Å²) in [7, 11) is 0. The smallest absolute Gasteiger partial charge is 0.324 e. The summed E-state index contributed by atoms with van der Waals surface area (Å²) in [6.45, 7) is 3.14. The van der Waals surface area contributed by atoms with Gasteiger partial charge in [0.15, 0.2) is 5.75 Å². The summed E-state index contributed by atoms with van der Waals surface area (Å²) in [5.74, 6) is -3.93. The standard InChI is InChI=1S/C24H27F4N7O2/c1-24(27,28)21-32-23(37-33-21)34-6-4-14(5-7-34)13-36-16-9-30-22(31-10-16)35-11-18(20(29)12-35)17-8-15(25)2-3-19(17)26/h2-3,8-10,14,18,20H,4-7,11-13,29H2,1H3. The Balaban J connectivity index is 1.11. The summed E-state index contributed by atoms with van der Waals surface area (Å²) in [4.78, 5) is 16.2. The lowest BCUT2D eigenvalue weighted by molar-refractivity contribution is 0.00559. The summed E-state index contributed by atoms with van der Waals surface area (Å²) in [5, 5.41) is 3.37. The van der Waals surface area contributed by atoms with Gasteiger partial charge in [-0.3, -0.25) is 0 Å². The fourth-order valence-corrected chi connectivity index (χ4v) is 4.69. The van der Waals surface area contributed by atoms with Crippen LogP contribution in [0.5, 0.6) is 5.75 Å². The maximum absolute atomic E-state index is 14.2. The minimum absolute atomic E-state index is 0.101. The van der Waals surface area contributed by atoms with Crippen LogP contribution in [0.4, 0.5) is 29.5 Å². The fourth-order valence-electron chi connectivity index (χ4n) is 4.69. The molecule has 4 heterocycles. The van der Waals surface area contributed by atoms with E-state index in [-0.39, 0.29) is 29.5 Å². The molecule has 2 aromatic heterocycles. The van der Waals surface area contributed by atoms with E-state index in [9.17, 15) is 17.6 Å². The number of nitrogens with two attached hydrogens (primary N) is 1. The van der Waals surface area contributed by atoms with Crippen molar-refractivity contribution >= 4 is 12.0 Å². The Bertz CT molecular complexity index is 1210. The van der Waals surface area contributed by atoms with E-state index in [1.54, 1.807) is 17.3 Å². The van der Waals surface area contributed by atoms with Crippen LogP contribution in [0.2, 0.25) is 0 Å². The van der Waals surface area contributed by atoms with Crippen molar-refractivity contribution < 1.29 is 26.8 Å². The Morgan fingerprint density at radius 2 is 1.84 bits per heavy atom. The molecule has 0 saturated carbocycles. The zero-order valence-electron chi connectivity index (χ0n) is 20.2. The summed E-state index contributed by atoms with van der Waals surface area (Å²) >= 11 is 0. The summed E-state index contributed by atoms with van der Waals surface area (Å²) < 4.78 is 65.4. The van der Waals surface area contributed by atoms with Gasteiger partial charge in [-0.05, 0) is 42.5 Å². The molecule has 2 atom stereocenters. The molecular weight excluding hydrogens is 494 g/mol. The number of piperidine rings is 1. The lowest BCUT2D eigenvalue weighted by Crippen LogP contribution is -2.35. The normalized spacial score (nSPS) is 21.0. The van der Waals surface area contributed by atoms with Crippen LogP contribution in [0.15, 0.2) is 35.1 Å². The molecule has 0 amide bonds. The first-order chi connectivity index (χ1) is 17.7. The van der Waals surface area contributed by atoms with Crippen LogP contribution >= 0.6 is 0 Å². The van der Waals surface area contributed by atoms with Crippen molar-refractivity contribution in [3.05, 3.63) is 53.6 Å². The van der Waals surface area contributed by atoms with E-state index in [2.05, 4.69) is 20.1 Å². The minimum Gasteiger partial charge on any atom is -0.490 e. The highest BCUT2D eigenvalue weighted by molar-refractivity contribution is 5.39. The van der Waals surface area contributed by atoms with Gasteiger partial charge in [0.25, 0.3) is 0 Å². The zero-order valence-corrected chi connectivity index (χ0v) is 20.2. The maximum atomic E-state index is 14.2. The predicted molar refractivity (Wildman–Crippen MR) is 126 cm³/mol. The number of hydrogen-bond acceptors (Lipinski definition) is 9. The molecule has 5 rings (SSSR count). The highest BCUT2D eigenvalue weighted by Gasteiger charge is 2.35. The van der Waals surface area contributed by atoms with Crippen molar-refractivity contribution in [2.75, 3.05) is 42.6 Å². The van der Waals surface area contributed by atoms with Crippen molar-refractivity contribution in [1.29, 1.82) is 0 Å². The third kappa shape index (κ3) is 5.60. The average Bonchev–Trinajstić information content (AvgIpc) is 3.53. The van der Waals surface area contributed by atoms with Crippen LogP contribution in [0.1, 0.15) is 37.1 Å². The van der Waals surface area contributed by atoms with Crippen LogP contribution < -0.4 is 20.3 Å². The molecule has 2 fully saturated rings. The van der Waals surface area contributed by atoms with Gasteiger partial charge in [-0.15, -0.1) is 0 Å². The van der Waals surface area contributed by atoms with E-state index in [1.807, 2.05) is 4.90 Å². The molecule has 2 aliphatic rings. The van der Waals surface area contributed by atoms with Crippen molar-refractivity contribution in [3.8, 4) is 5.75 Å². The largest absolute Gasteiger partial charge is 0.490 e. The number of anilines is 2. The monoisotopic (exact) mass is 521 g/mol. The van der Waals surface area contributed by atoms with Gasteiger partial charge in [-0.1, -0.05) is 5.16 Å². The van der Waals surface area contributed by atoms with Crippen LogP contribution in [-0.2, 0) is 5.92 Å². The van der Waals surface area contributed by atoms with E-state index < -0.39 is 23.4 Å². The Morgan fingerprint density at radius 3 is 2.51 bits per heavy atom. The van der Waals surface area contributed by atoms with Crippen molar-refractivity contribution in [1.82, 2.24) is 20.1 Å². The number of benzene rings is 1. The molecule has 0 aliphatic carbocycles. The Morgan fingerprint density at radius 1 is 1.11 bits per heavy atom. The first-order valence-electron chi connectivity index (χ1n) is 12.0. The lowest BCUT2D eigenvalue weighted by Gasteiger charge is -2.30. The van der Waals surface area contributed by atoms with E-state index in [0.717, 1.165) is 31.9 Å². The Hall–Kier alpha value is -3.48. The molecule has 2 unspecified atom stereocenters. The molecule has 2 saturated heterocycles. The third-order valence-corrected chi connectivity index (χ3v) is 6.80. The Kier molecular flexibility index (Phi) is 6.88. The fraction of sp³-hybridized carbons (Fsp3) is 0.500. The predicted octanol–water partition coefficient (Wildman–Crippen LogP) is 3.48. The lowest BCUT2D eigenvalue weighted by atomic mass is 9.94. The molecule has 2 aliphatic heterocycles. The van der Waals surface area contributed by atoms with Crippen LogP contribution in [0.3, 0.4) is 0 Å². The van der Waals surface area contributed by atoms with Crippen LogP contribution in [0.25, 0.3) is 0 Å². The summed E-state index contributed by atoms with van der Waals surface area (Å²) in [5.41, 5.74) is 6.48. The van der Waals surface area contributed by atoms with Crippen molar-refractivity contribution in [2.45, 2.75) is 37.6 Å². The van der Waals surface area contributed by atoms with Crippen molar-refractivity contribution in [3.63, 3.8) is 0 Å². The van der Waals surface area contributed by atoms with E-state index in [0.29, 0.717) is 44.5 Å². The number of ether oxygens (including phenoxy) is 1. The molecule has 1 aromatic carbocycles. The van der Waals surface area contributed by atoms with E-state index in [4.69, 9.17) is 15.0 Å². The molecule has 3 aromatic rings. The van der Waals surface area contributed by atoms with Gasteiger partial charge in [-0.25, -0.2) is 18.7 Å². The van der Waals surface area contributed by atoms with Gasteiger partial charge in [0.2, 0.25) is 11.8 Å². The zero-order chi connectivity index (χ0) is 26.2. The number of alkyl halides is 2. The third-order valence-electron chi connectivity index (χ3n) is 6.80. The molecule has 9 nitrogen and oxygen atoms in total. The second kappa shape index (κ2) is 10.1. The average molecular weight is 522 g/mol. The highest BCUT2D eigenvalue weighted by Crippen LogP contribution is 2.31. The molecule has 198 valence electrons. The maximum Gasteiger partial charge on any atom is 0.324 e. The van der Waals surface area contributed by atoms with Crippen molar-refractivity contribution in [2.24, 2.45) is 11.7 Å². The first-order valence-corrected chi connectivity index (χ1v) is 12.0. The van der Waals surface area contributed by atoms with E-state index in [1.165, 1.54) is 6.07 Å². The topological polar surface area (TPSA) is 106 Å². The van der Waals surface area contributed by atoms with Gasteiger partial charge in [-0.2, -0.15) is 13.8 Å². The summed E-state index contributed by atoms with van der Waals surface area (Å²) in [6, 6.07) is 3.10. The number of hydrogen-bond donors (Lipinski definition) is 1. The van der Waals surface area contributed by atoms with Gasteiger partial charge in [0, 0.05) is 45.1 Å².